The van der Waals surface area contributed by atoms with Gasteiger partial charge in [-0.25, -0.2) is 4.79 Å². The molecule has 0 fully saturated rings. The summed E-state index contributed by atoms with van der Waals surface area (Å²) in [4.78, 5) is 60.0. The number of nitrogens with two attached hydrogens (primary N) is 2. The quantitative estimate of drug-likeness (QED) is 0.145. The number of amides is 4. The minimum atomic E-state index is -1.54. The summed E-state index contributed by atoms with van der Waals surface area (Å²) in [6, 6.07) is -5.14. The maximum absolute atomic E-state index is 12.6. The van der Waals surface area contributed by atoms with Crippen LogP contribution in [0.15, 0.2) is 0 Å². The first-order valence-corrected chi connectivity index (χ1v) is 11.1. The molecular weight excluding hydrogens is 430 g/mol. The Morgan fingerprint density at radius 2 is 1.48 bits per heavy atom. The number of carbonyl (C=O) groups is 5. The summed E-state index contributed by atoms with van der Waals surface area (Å²) in [5.41, 5.74) is 10.9. The van der Waals surface area contributed by atoms with Crippen molar-refractivity contribution >= 4 is 41.4 Å². The van der Waals surface area contributed by atoms with Gasteiger partial charge in [0.15, 0.2) is 0 Å². The van der Waals surface area contributed by atoms with Gasteiger partial charge in [-0.1, -0.05) is 13.8 Å². The lowest BCUT2D eigenvalue weighted by molar-refractivity contribution is -0.144. The molecule has 12 nitrogen and oxygen atoms in total. The number of nitrogens with one attached hydrogen (secondary N) is 3. The molecule has 13 heteroatoms. The van der Waals surface area contributed by atoms with Gasteiger partial charge in [0.25, 0.3) is 0 Å². The smallest absolute Gasteiger partial charge is 0.326 e. The number of aliphatic hydroxyl groups is 1. The van der Waals surface area contributed by atoms with Crippen molar-refractivity contribution in [2.75, 3.05) is 12.0 Å². The molecule has 0 aliphatic heterocycles. The summed E-state index contributed by atoms with van der Waals surface area (Å²) in [6.45, 7) is 4.37. The normalized spacial score (nSPS) is 15.8. The topological polar surface area (TPSA) is 214 Å². The molecule has 0 radical (unpaired) electrons. The van der Waals surface area contributed by atoms with Gasteiger partial charge in [0.2, 0.25) is 23.6 Å². The maximum Gasteiger partial charge on any atom is 0.326 e. The summed E-state index contributed by atoms with van der Waals surface area (Å²) in [6.07, 6.45) is 0.204. The molecule has 31 heavy (non-hydrogen) atoms. The lowest BCUT2D eigenvalue weighted by Crippen LogP contribution is -2.60. The molecular formula is C18H33N5O7S. The van der Waals surface area contributed by atoms with Crippen LogP contribution in [0.3, 0.4) is 0 Å². The molecule has 0 aromatic rings. The molecule has 0 aromatic heterocycles. The molecule has 0 aliphatic rings. The molecule has 9 N–H and O–H groups in total. The van der Waals surface area contributed by atoms with E-state index in [4.69, 9.17) is 11.5 Å². The van der Waals surface area contributed by atoms with Crippen LogP contribution in [0, 0.1) is 5.92 Å². The molecule has 0 bridgehead atoms. The summed E-state index contributed by atoms with van der Waals surface area (Å²) in [5, 5.41) is 26.0. The van der Waals surface area contributed by atoms with Gasteiger partial charge < -0.3 is 37.6 Å². The number of carbonyl (C=O) groups excluding carboxylic acids is 4. The van der Waals surface area contributed by atoms with Gasteiger partial charge in [0.1, 0.15) is 18.1 Å². The molecule has 5 atom stereocenters. The van der Waals surface area contributed by atoms with Crippen LogP contribution >= 0.6 is 11.8 Å². The predicted octanol–water partition coefficient (Wildman–Crippen LogP) is -2.48. The summed E-state index contributed by atoms with van der Waals surface area (Å²) < 4.78 is 0. The average molecular weight is 464 g/mol. The van der Waals surface area contributed by atoms with E-state index in [1.54, 1.807) is 13.8 Å². The number of aliphatic hydroxyl groups excluding tert-OH is 1. The zero-order chi connectivity index (χ0) is 24.3. The highest BCUT2D eigenvalue weighted by molar-refractivity contribution is 7.98. The Hall–Kier alpha value is -2.38. The van der Waals surface area contributed by atoms with E-state index in [2.05, 4.69) is 16.0 Å². The highest BCUT2D eigenvalue weighted by Crippen LogP contribution is 2.05. The SMILES string of the molecule is CSCCC(N)C(=O)NC(CC(N)=O)C(=O)NC(C(=O)NC(C(=O)O)C(C)C)C(C)O. The highest BCUT2D eigenvalue weighted by atomic mass is 32.2. The molecule has 5 unspecified atom stereocenters. The van der Waals surface area contributed by atoms with Crippen molar-refractivity contribution in [1.82, 2.24) is 16.0 Å². The standard InChI is InChI=1S/C18H33N5O7S/c1-8(2)13(18(29)30)22-17(28)14(9(3)24)23-16(27)11(7-12(20)25)21-15(26)10(19)5-6-31-4/h8-11,13-14,24H,5-7,19H2,1-4H3,(H2,20,25)(H,21,26)(H,22,28)(H,23,27)(H,29,30). The van der Waals surface area contributed by atoms with Crippen LogP contribution in [0.1, 0.15) is 33.6 Å². The van der Waals surface area contributed by atoms with Crippen LogP contribution in [0.4, 0.5) is 0 Å². The summed E-state index contributed by atoms with van der Waals surface area (Å²) in [5.74, 6) is -4.60. The van der Waals surface area contributed by atoms with E-state index in [0.29, 0.717) is 12.2 Å². The molecule has 4 amide bonds. The monoisotopic (exact) mass is 463 g/mol. The van der Waals surface area contributed by atoms with E-state index in [1.807, 2.05) is 6.26 Å². The first-order valence-electron chi connectivity index (χ1n) is 9.66. The van der Waals surface area contributed by atoms with E-state index in [-0.39, 0.29) is 0 Å². The van der Waals surface area contributed by atoms with E-state index in [0.717, 1.165) is 0 Å². The maximum atomic E-state index is 12.6. The van der Waals surface area contributed by atoms with Crippen molar-refractivity contribution in [1.29, 1.82) is 0 Å². The number of primary amides is 1. The number of hydrogen-bond acceptors (Lipinski definition) is 8. The van der Waals surface area contributed by atoms with Gasteiger partial charge in [-0.3, -0.25) is 19.2 Å². The van der Waals surface area contributed by atoms with E-state index >= 15 is 0 Å². The first kappa shape index (κ1) is 28.6. The third kappa shape index (κ3) is 10.5. The van der Waals surface area contributed by atoms with Crippen LogP contribution < -0.4 is 27.4 Å². The van der Waals surface area contributed by atoms with Crippen LogP contribution in [0.2, 0.25) is 0 Å². The third-order valence-corrected chi connectivity index (χ3v) is 4.95. The number of thioether (sulfide) groups is 1. The van der Waals surface area contributed by atoms with Gasteiger partial charge in [-0.05, 0) is 31.3 Å². The van der Waals surface area contributed by atoms with Crippen LogP contribution in [0.5, 0.6) is 0 Å². The van der Waals surface area contributed by atoms with Crippen molar-refractivity contribution in [3.05, 3.63) is 0 Å². The van der Waals surface area contributed by atoms with Gasteiger partial charge in [0, 0.05) is 0 Å². The molecule has 0 aromatic carbocycles. The second-order valence-electron chi connectivity index (χ2n) is 7.41. The molecule has 0 aliphatic carbocycles. The van der Waals surface area contributed by atoms with Gasteiger partial charge in [-0.15, -0.1) is 0 Å². The Morgan fingerprint density at radius 3 is 1.90 bits per heavy atom. The summed E-state index contributed by atoms with van der Waals surface area (Å²) >= 11 is 1.48. The highest BCUT2D eigenvalue weighted by Gasteiger charge is 2.33. The van der Waals surface area contributed by atoms with Gasteiger partial charge in [0.05, 0.1) is 18.6 Å². The Kier molecular flexibility index (Phi) is 12.8. The molecule has 0 rings (SSSR count). The number of aliphatic carboxylic acids is 1. The minimum absolute atomic E-state index is 0.336. The van der Waals surface area contributed by atoms with Crippen LogP contribution in [-0.2, 0) is 24.0 Å². The van der Waals surface area contributed by atoms with E-state index < -0.39 is 72.2 Å². The molecule has 0 heterocycles. The fourth-order valence-corrected chi connectivity index (χ4v) is 2.97. The van der Waals surface area contributed by atoms with Crippen molar-refractivity contribution < 1.29 is 34.2 Å². The predicted molar refractivity (Wildman–Crippen MR) is 115 cm³/mol. The number of carboxylic acids is 1. The Labute approximate surface area is 185 Å². The lowest BCUT2D eigenvalue weighted by atomic mass is 10.0. The number of rotatable bonds is 14. The fraction of sp³-hybridized carbons (Fsp3) is 0.722. The third-order valence-electron chi connectivity index (χ3n) is 4.30. The number of carboxylic acid groups (broad SMARTS) is 1. The molecule has 178 valence electrons. The van der Waals surface area contributed by atoms with Crippen molar-refractivity contribution in [3.63, 3.8) is 0 Å². The van der Waals surface area contributed by atoms with E-state index in [1.165, 1.54) is 18.7 Å². The van der Waals surface area contributed by atoms with Crippen LogP contribution in [-0.4, -0.2) is 82.1 Å². The van der Waals surface area contributed by atoms with Crippen molar-refractivity contribution in [2.45, 2.75) is 63.9 Å². The van der Waals surface area contributed by atoms with Crippen molar-refractivity contribution in [3.8, 4) is 0 Å². The summed E-state index contributed by atoms with van der Waals surface area (Å²) in [7, 11) is 0. The van der Waals surface area contributed by atoms with E-state index in [9.17, 15) is 34.2 Å². The molecule has 0 saturated carbocycles. The van der Waals surface area contributed by atoms with Crippen molar-refractivity contribution in [2.24, 2.45) is 17.4 Å². The first-order chi connectivity index (χ1) is 14.3. The largest absolute Gasteiger partial charge is 0.480 e. The zero-order valence-corrected chi connectivity index (χ0v) is 18.9. The Balaban J connectivity index is 5.39. The second-order valence-corrected chi connectivity index (χ2v) is 8.40. The Bertz CT molecular complexity index is 659. The fourth-order valence-electron chi connectivity index (χ4n) is 2.48. The van der Waals surface area contributed by atoms with Gasteiger partial charge >= 0.3 is 5.97 Å². The lowest BCUT2D eigenvalue weighted by Gasteiger charge is -2.27. The Morgan fingerprint density at radius 1 is 0.935 bits per heavy atom. The average Bonchev–Trinajstić information content (AvgIpc) is 2.65. The van der Waals surface area contributed by atoms with Gasteiger partial charge in [-0.2, -0.15) is 11.8 Å². The number of hydrogen-bond donors (Lipinski definition) is 7. The minimum Gasteiger partial charge on any atom is -0.480 e. The zero-order valence-electron chi connectivity index (χ0n) is 18.1. The molecule has 0 saturated heterocycles. The van der Waals surface area contributed by atoms with Crippen LogP contribution in [0.25, 0.3) is 0 Å². The second kappa shape index (κ2) is 13.8. The molecule has 0 spiro atoms.